The summed E-state index contributed by atoms with van der Waals surface area (Å²) in [6.07, 6.45) is 0. The first kappa shape index (κ1) is 16.6. The van der Waals surface area contributed by atoms with Gasteiger partial charge in [-0.1, -0.05) is 22.8 Å². The van der Waals surface area contributed by atoms with Crippen LogP contribution in [0.1, 0.15) is 16.2 Å². The predicted molar refractivity (Wildman–Crippen MR) is 98.0 cm³/mol. The highest BCUT2D eigenvalue weighted by atomic mass is 35.5. The number of esters is 1. The van der Waals surface area contributed by atoms with Crippen LogP contribution in [-0.2, 0) is 11.3 Å². The van der Waals surface area contributed by atoms with E-state index in [0.717, 1.165) is 16.1 Å². The topological polar surface area (TPSA) is 81.0 Å². The first-order valence-corrected chi connectivity index (χ1v) is 8.93. The first-order valence-electron chi connectivity index (χ1n) is 7.67. The minimum Gasteiger partial charge on any atom is -0.454 e. The molecular weight excluding hydrogens is 374 g/mol. The second-order valence-corrected chi connectivity index (χ2v) is 6.79. The molecule has 130 valence electrons. The molecule has 6 nitrogen and oxygen atoms in total. The summed E-state index contributed by atoms with van der Waals surface area (Å²) in [4.78, 5) is 13.1. The fraction of sp³-hybridized carbons (Fsp3) is 0.0556. The zero-order valence-corrected chi connectivity index (χ0v) is 14.9. The van der Waals surface area contributed by atoms with Crippen LogP contribution in [0.5, 0.6) is 0 Å². The molecule has 0 aliphatic heterocycles. The fourth-order valence-electron chi connectivity index (χ4n) is 2.33. The molecule has 0 amide bonds. The molecular formula is C18H12ClN3O3S. The van der Waals surface area contributed by atoms with E-state index < -0.39 is 5.97 Å². The van der Waals surface area contributed by atoms with Crippen molar-refractivity contribution in [3.05, 3.63) is 70.3 Å². The monoisotopic (exact) mass is 385 g/mol. The van der Waals surface area contributed by atoms with Crippen LogP contribution in [0.4, 0.5) is 0 Å². The van der Waals surface area contributed by atoms with Gasteiger partial charge in [0.1, 0.15) is 12.3 Å². The van der Waals surface area contributed by atoms with Crippen LogP contribution in [0.2, 0.25) is 5.02 Å². The second-order valence-electron chi connectivity index (χ2n) is 5.41. The van der Waals surface area contributed by atoms with Gasteiger partial charge in [0.15, 0.2) is 11.5 Å². The minimum absolute atomic E-state index is 0.00286. The fourth-order valence-corrected chi connectivity index (χ4v) is 3.15. The van der Waals surface area contributed by atoms with Gasteiger partial charge in [0, 0.05) is 16.7 Å². The second kappa shape index (κ2) is 7.15. The van der Waals surface area contributed by atoms with Crippen molar-refractivity contribution in [1.82, 2.24) is 15.4 Å². The molecule has 0 atom stereocenters. The van der Waals surface area contributed by atoms with E-state index in [1.54, 1.807) is 35.6 Å². The van der Waals surface area contributed by atoms with Crippen molar-refractivity contribution in [3.8, 4) is 21.9 Å². The molecule has 1 N–H and O–H groups in total. The Morgan fingerprint density at radius 1 is 1.23 bits per heavy atom. The predicted octanol–water partition coefficient (Wildman–Crippen LogP) is 4.80. The maximum absolute atomic E-state index is 12.1. The van der Waals surface area contributed by atoms with Crippen molar-refractivity contribution in [2.75, 3.05) is 0 Å². The summed E-state index contributed by atoms with van der Waals surface area (Å²) in [7, 11) is 0. The minimum atomic E-state index is -0.528. The number of nitrogens with one attached hydrogen (secondary N) is 1. The lowest BCUT2D eigenvalue weighted by Gasteiger charge is -1.98. The van der Waals surface area contributed by atoms with Crippen LogP contribution in [-0.4, -0.2) is 21.3 Å². The standard InChI is InChI=1S/C18H12ClN3O3S/c19-12-5-3-11(4-6-12)16-8-13(22-25-16)10-24-18(23)15-9-14(20-21-15)17-2-1-7-26-17/h1-9H,10H2,(H,20,21). The van der Waals surface area contributed by atoms with Crippen LogP contribution in [0.15, 0.2) is 58.4 Å². The van der Waals surface area contributed by atoms with Gasteiger partial charge in [-0.2, -0.15) is 5.10 Å². The van der Waals surface area contributed by atoms with E-state index in [9.17, 15) is 4.79 Å². The molecule has 0 spiro atoms. The van der Waals surface area contributed by atoms with Crippen LogP contribution in [0.3, 0.4) is 0 Å². The van der Waals surface area contributed by atoms with Gasteiger partial charge in [-0.3, -0.25) is 5.10 Å². The molecule has 0 aliphatic carbocycles. The summed E-state index contributed by atoms with van der Waals surface area (Å²) in [5, 5.41) is 13.3. The van der Waals surface area contributed by atoms with Crippen molar-refractivity contribution in [1.29, 1.82) is 0 Å². The summed E-state index contributed by atoms with van der Waals surface area (Å²) in [6.45, 7) is -0.00286. The number of halogens is 1. The highest BCUT2D eigenvalue weighted by Crippen LogP contribution is 2.24. The molecule has 0 bridgehead atoms. The average Bonchev–Trinajstić information content (AvgIpc) is 3.41. The molecule has 0 aliphatic rings. The number of rotatable bonds is 5. The Bertz CT molecular complexity index is 1020. The Morgan fingerprint density at radius 2 is 2.08 bits per heavy atom. The van der Waals surface area contributed by atoms with Crippen molar-refractivity contribution in [2.45, 2.75) is 6.61 Å². The van der Waals surface area contributed by atoms with Gasteiger partial charge < -0.3 is 9.26 Å². The molecule has 3 aromatic heterocycles. The lowest BCUT2D eigenvalue weighted by Crippen LogP contribution is -2.05. The number of hydrogen-bond acceptors (Lipinski definition) is 6. The van der Waals surface area contributed by atoms with Crippen molar-refractivity contribution < 1.29 is 14.1 Å². The number of aromatic nitrogens is 3. The molecule has 4 rings (SSSR count). The van der Waals surface area contributed by atoms with Gasteiger partial charge in [-0.25, -0.2) is 4.79 Å². The van der Waals surface area contributed by atoms with E-state index >= 15 is 0 Å². The maximum atomic E-state index is 12.1. The van der Waals surface area contributed by atoms with E-state index in [2.05, 4.69) is 15.4 Å². The third-order valence-corrected chi connectivity index (χ3v) is 4.77. The molecule has 1 aromatic carbocycles. The average molecular weight is 386 g/mol. The molecule has 4 aromatic rings. The highest BCUT2D eigenvalue weighted by molar-refractivity contribution is 7.13. The lowest BCUT2D eigenvalue weighted by molar-refractivity contribution is 0.0457. The number of carbonyl (C=O) groups excluding carboxylic acids is 1. The van der Waals surface area contributed by atoms with Crippen LogP contribution >= 0.6 is 22.9 Å². The van der Waals surface area contributed by atoms with E-state index in [4.69, 9.17) is 20.9 Å². The van der Waals surface area contributed by atoms with Gasteiger partial charge in [-0.15, -0.1) is 11.3 Å². The van der Waals surface area contributed by atoms with Gasteiger partial charge in [-0.05, 0) is 41.8 Å². The Morgan fingerprint density at radius 3 is 2.85 bits per heavy atom. The van der Waals surface area contributed by atoms with Crippen molar-refractivity contribution in [2.24, 2.45) is 0 Å². The number of aromatic amines is 1. The van der Waals surface area contributed by atoms with Crippen LogP contribution in [0, 0.1) is 0 Å². The summed E-state index contributed by atoms with van der Waals surface area (Å²) in [5.41, 5.74) is 2.35. The Kier molecular flexibility index (Phi) is 4.55. The number of H-pyrrole nitrogens is 1. The van der Waals surface area contributed by atoms with E-state index in [1.807, 2.05) is 29.6 Å². The highest BCUT2D eigenvalue weighted by Gasteiger charge is 2.15. The Labute approximate surface area is 157 Å². The summed E-state index contributed by atoms with van der Waals surface area (Å²) in [5.74, 6) is 0.0487. The quantitative estimate of drug-likeness (QED) is 0.499. The zero-order valence-electron chi connectivity index (χ0n) is 13.3. The molecule has 3 heterocycles. The zero-order chi connectivity index (χ0) is 17.9. The van der Waals surface area contributed by atoms with Gasteiger partial charge in [0.25, 0.3) is 0 Å². The Balaban J connectivity index is 1.40. The molecule has 0 saturated heterocycles. The van der Waals surface area contributed by atoms with E-state index in [1.165, 1.54) is 0 Å². The lowest BCUT2D eigenvalue weighted by atomic mass is 10.2. The van der Waals surface area contributed by atoms with Crippen molar-refractivity contribution >= 4 is 28.9 Å². The number of ether oxygens (including phenoxy) is 1. The SMILES string of the molecule is O=C(OCc1cc(-c2ccc(Cl)cc2)on1)c1cc(-c2cccs2)[nH]n1. The number of nitrogens with zero attached hydrogens (tertiary/aromatic N) is 2. The number of carbonyl (C=O) groups is 1. The van der Waals surface area contributed by atoms with Crippen LogP contribution in [0.25, 0.3) is 21.9 Å². The van der Waals surface area contributed by atoms with Gasteiger partial charge >= 0.3 is 5.97 Å². The third-order valence-electron chi connectivity index (χ3n) is 3.61. The number of hydrogen-bond donors (Lipinski definition) is 1. The molecule has 0 fully saturated rings. The normalized spacial score (nSPS) is 10.8. The molecule has 8 heteroatoms. The van der Waals surface area contributed by atoms with Gasteiger partial charge in [0.05, 0.1) is 10.6 Å². The Hall–Kier alpha value is -2.90. The largest absolute Gasteiger partial charge is 0.454 e. The molecule has 26 heavy (non-hydrogen) atoms. The summed E-state index contributed by atoms with van der Waals surface area (Å²) < 4.78 is 10.5. The van der Waals surface area contributed by atoms with Crippen molar-refractivity contribution in [3.63, 3.8) is 0 Å². The van der Waals surface area contributed by atoms with Crippen LogP contribution < -0.4 is 0 Å². The number of benzene rings is 1. The maximum Gasteiger partial charge on any atom is 0.359 e. The van der Waals surface area contributed by atoms with E-state index in [-0.39, 0.29) is 12.3 Å². The molecule has 0 radical (unpaired) electrons. The summed E-state index contributed by atoms with van der Waals surface area (Å²) >= 11 is 7.43. The molecule has 0 saturated carbocycles. The smallest absolute Gasteiger partial charge is 0.359 e. The first-order chi connectivity index (χ1) is 12.7. The van der Waals surface area contributed by atoms with E-state index in [0.29, 0.717) is 16.5 Å². The summed E-state index contributed by atoms with van der Waals surface area (Å²) in [6, 6.07) is 14.4. The third kappa shape index (κ3) is 3.54. The van der Waals surface area contributed by atoms with Gasteiger partial charge in [0.2, 0.25) is 0 Å². The number of thiophene rings is 1. The molecule has 0 unspecified atom stereocenters.